The molecule has 2 heterocycles. The van der Waals surface area contributed by atoms with Gasteiger partial charge >= 0.3 is 0 Å². The summed E-state index contributed by atoms with van der Waals surface area (Å²) in [7, 11) is 1.85. The highest BCUT2D eigenvalue weighted by Gasteiger charge is 2.24. The number of aliphatic imine (C=N–C) groups is 1. The Hall–Kier alpha value is -1.12. The number of thiophene rings is 1. The molecular formula is C19H26IN3OS. The second-order valence-corrected chi connectivity index (χ2v) is 7.00. The maximum absolute atomic E-state index is 6.01. The van der Waals surface area contributed by atoms with E-state index in [4.69, 9.17) is 4.74 Å². The molecule has 3 rings (SSSR count). The summed E-state index contributed by atoms with van der Waals surface area (Å²) in [4.78, 5) is 8.16. The SMILES string of the molecule is CN=C(NCCc1cccs1)N1CCOC(c2ccccc2C)C1.I. The van der Waals surface area contributed by atoms with E-state index in [1.165, 1.54) is 16.0 Å². The number of morpholine rings is 1. The van der Waals surface area contributed by atoms with Gasteiger partial charge in [-0.1, -0.05) is 30.3 Å². The normalized spacial score (nSPS) is 17.9. The number of rotatable bonds is 4. The summed E-state index contributed by atoms with van der Waals surface area (Å²) in [5.41, 5.74) is 2.56. The first-order valence-corrected chi connectivity index (χ1v) is 9.31. The molecule has 1 aliphatic heterocycles. The summed E-state index contributed by atoms with van der Waals surface area (Å²) < 4.78 is 6.01. The lowest BCUT2D eigenvalue weighted by atomic mass is 10.0. The molecule has 1 N–H and O–H groups in total. The standard InChI is InChI=1S/C19H25N3OS.HI/c1-15-6-3-4-8-17(15)18-14-22(11-12-23-18)19(20-2)21-10-9-16-7-5-13-24-16;/h3-8,13,18H,9-12,14H2,1-2H3,(H,20,21);1H. The van der Waals surface area contributed by atoms with Crippen molar-refractivity contribution in [2.75, 3.05) is 33.3 Å². The molecule has 1 saturated heterocycles. The van der Waals surface area contributed by atoms with E-state index in [-0.39, 0.29) is 30.1 Å². The zero-order valence-corrected chi connectivity index (χ0v) is 17.9. The molecular weight excluding hydrogens is 445 g/mol. The molecule has 1 aromatic heterocycles. The molecule has 0 amide bonds. The number of hydrogen-bond donors (Lipinski definition) is 1. The summed E-state index contributed by atoms with van der Waals surface area (Å²) in [5, 5.41) is 5.62. The van der Waals surface area contributed by atoms with Crippen LogP contribution in [-0.2, 0) is 11.2 Å². The number of nitrogens with one attached hydrogen (secondary N) is 1. The first kappa shape index (κ1) is 20.2. The number of benzene rings is 1. The van der Waals surface area contributed by atoms with Crippen molar-refractivity contribution in [1.29, 1.82) is 0 Å². The number of halogens is 1. The van der Waals surface area contributed by atoms with Crippen LogP contribution in [0.2, 0.25) is 0 Å². The second kappa shape index (κ2) is 10.1. The van der Waals surface area contributed by atoms with Gasteiger partial charge < -0.3 is 15.0 Å². The Kier molecular flexibility index (Phi) is 8.18. The molecule has 0 spiro atoms. The van der Waals surface area contributed by atoms with Gasteiger partial charge in [0.05, 0.1) is 13.2 Å². The van der Waals surface area contributed by atoms with Crippen LogP contribution >= 0.6 is 35.3 Å². The topological polar surface area (TPSA) is 36.9 Å². The third kappa shape index (κ3) is 5.43. The highest BCUT2D eigenvalue weighted by Crippen LogP contribution is 2.24. The molecule has 0 bridgehead atoms. The van der Waals surface area contributed by atoms with E-state index in [0.717, 1.165) is 38.6 Å². The third-order valence-electron chi connectivity index (χ3n) is 4.35. The van der Waals surface area contributed by atoms with Crippen molar-refractivity contribution in [3.63, 3.8) is 0 Å². The smallest absolute Gasteiger partial charge is 0.193 e. The van der Waals surface area contributed by atoms with E-state index in [1.807, 2.05) is 7.05 Å². The molecule has 0 radical (unpaired) electrons. The molecule has 25 heavy (non-hydrogen) atoms. The lowest BCUT2D eigenvalue weighted by Gasteiger charge is -2.35. The van der Waals surface area contributed by atoms with Crippen LogP contribution in [0.1, 0.15) is 22.1 Å². The van der Waals surface area contributed by atoms with Gasteiger partial charge in [0.1, 0.15) is 6.10 Å². The minimum atomic E-state index is 0. The summed E-state index contributed by atoms with van der Waals surface area (Å²) in [6, 6.07) is 12.7. The Balaban J connectivity index is 0.00000225. The second-order valence-electron chi connectivity index (χ2n) is 5.97. The minimum absolute atomic E-state index is 0. The number of nitrogens with zero attached hydrogens (tertiary/aromatic N) is 2. The van der Waals surface area contributed by atoms with Crippen molar-refractivity contribution in [1.82, 2.24) is 10.2 Å². The van der Waals surface area contributed by atoms with Gasteiger partial charge in [-0.25, -0.2) is 0 Å². The van der Waals surface area contributed by atoms with Crippen molar-refractivity contribution in [3.8, 4) is 0 Å². The monoisotopic (exact) mass is 471 g/mol. The Labute approximate surface area is 171 Å². The highest BCUT2D eigenvalue weighted by atomic mass is 127. The van der Waals surface area contributed by atoms with Crippen LogP contribution in [0.3, 0.4) is 0 Å². The van der Waals surface area contributed by atoms with Crippen LogP contribution in [0.5, 0.6) is 0 Å². The van der Waals surface area contributed by atoms with Gasteiger partial charge in [-0.15, -0.1) is 35.3 Å². The largest absolute Gasteiger partial charge is 0.370 e. The predicted octanol–water partition coefficient (Wildman–Crippen LogP) is 3.87. The van der Waals surface area contributed by atoms with Crippen molar-refractivity contribution in [2.45, 2.75) is 19.4 Å². The zero-order chi connectivity index (χ0) is 16.8. The fraction of sp³-hybridized carbons (Fsp3) is 0.421. The maximum atomic E-state index is 6.01. The quantitative estimate of drug-likeness (QED) is 0.418. The number of ether oxygens (including phenoxy) is 1. The molecule has 6 heteroatoms. The third-order valence-corrected chi connectivity index (χ3v) is 5.28. The Morgan fingerprint density at radius 1 is 1.32 bits per heavy atom. The Bertz CT molecular complexity index is 675. The fourth-order valence-corrected chi connectivity index (χ4v) is 3.77. The highest BCUT2D eigenvalue weighted by molar-refractivity contribution is 14.0. The summed E-state index contributed by atoms with van der Waals surface area (Å²) >= 11 is 1.80. The maximum Gasteiger partial charge on any atom is 0.193 e. The van der Waals surface area contributed by atoms with Gasteiger partial charge in [-0.05, 0) is 35.9 Å². The van der Waals surface area contributed by atoms with E-state index in [0.29, 0.717) is 0 Å². The molecule has 0 aliphatic carbocycles. The van der Waals surface area contributed by atoms with Crippen LogP contribution in [0.4, 0.5) is 0 Å². The van der Waals surface area contributed by atoms with Crippen molar-refractivity contribution in [3.05, 3.63) is 57.8 Å². The number of aryl methyl sites for hydroxylation is 1. The average Bonchev–Trinajstić information content (AvgIpc) is 3.13. The molecule has 1 fully saturated rings. The van der Waals surface area contributed by atoms with Gasteiger partial charge in [0.2, 0.25) is 0 Å². The van der Waals surface area contributed by atoms with E-state index >= 15 is 0 Å². The molecule has 4 nitrogen and oxygen atoms in total. The molecule has 2 aromatic rings. The van der Waals surface area contributed by atoms with E-state index < -0.39 is 0 Å². The Morgan fingerprint density at radius 2 is 2.16 bits per heavy atom. The van der Waals surface area contributed by atoms with Gasteiger partial charge in [0.25, 0.3) is 0 Å². The van der Waals surface area contributed by atoms with Gasteiger partial charge in [0, 0.05) is 25.0 Å². The summed E-state index contributed by atoms with van der Waals surface area (Å²) in [6.45, 7) is 5.49. The van der Waals surface area contributed by atoms with Crippen LogP contribution in [0, 0.1) is 6.92 Å². The molecule has 1 atom stereocenters. The van der Waals surface area contributed by atoms with E-state index in [1.54, 1.807) is 11.3 Å². The fourth-order valence-electron chi connectivity index (χ4n) is 3.06. The van der Waals surface area contributed by atoms with Crippen LogP contribution in [0.25, 0.3) is 0 Å². The molecule has 1 aliphatic rings. The molecule has 0 saturated carbocycles. The lowest BCUT2D eigenvalue weighted by molar-refractivity contribution is -0.00829. The average molecular weight is 471 g/mol. The first-order chi connectivity index (χ1) is 11.8. The summed E-state index contributed by atoms with van der Waals surface area (Å²) in [6.07, 6.45) is 1.14. The Morgan fingerprint density at radius 3 is 2.88 bits per heavy atom. The van der Waals surface area contributed by atoms with Crippen LogP contribution in [0.15, 0.2) is 46.8 Å². The van der Waals surface area contributed by atoms with E-state index in [9.17, 15) is 0 Å². The molecule has 1 aromatic carbocycles. The molecule has 1 unspecified atom stereocenters. The zero-order valence-electron chi connectivity index (χ0n) is 14.8. The van der Waals surface area contributed by atoms with Crippen LogP contribution < -0.4 is 5.32 Å². The molecule has 136 valence electrons. The number of hydrogen-bond acceptors (Lipinski definition) is 3. The van der Waals surface area contributed by atoms with Crippen LogP contribution in [-0.4, -0.2) is 44.1 Å². The van der Waals surface area contributed by atoms with Crippen molar-refractivity contribution >= 4 is 41.3 Å². The van der Waals surface area contributed by atoms with E-state index in [2.05, 4.69) is 63.9 Å². The van der Waals surface area contributed by atoms with Gasteiger partial charge in [-0.2, -0.15) is 0 Å². The summed E-state index contributed by atoms with van der Waals surface area (Å²) in [5.74, 6) is 0.966. The van der Waals surface area contributed by atoms with Gasteiger partial charge in [-0.3, -0.25) is 4.99 Å². The lowest BCUT2D eigenvalue weighted by Crippen LogP contribution is -2.48. The minimum Gasteiger partial charge on any atom is -0.370 e. The van der Waals surface area contributed by atoms with Crippen molar-refractivity contribution < 1.29 is 4.74 Å². The van der Waals surface area contributed by atoms with Gasteiger partial charge in [0.15, 0.2) is 5.96 Å². The number of guanidine groups is 1. The predicted molar refractivity (Wildman–Crippen MR) is 116 cm³/mol. The first-order valence-electron chi connectivity index (χ1n) is 8.43. The van der Waals surface area contributed by atoms with Crippen molar-refractivity contribution in [2.24, 2.45) is 4.99 Å².